The maximum Gasteiger partial charge on any atom is 0.306 e. The lowest BCUT2D eigenvalue weighted by molar-refractivity contribution is -0.167. The van der Waals surface area contributed by atoms with Crippen LogP contribution in [0.25, 0.3) is 0 Å². The van der Waals surface area contributed by atoms with Gasteiger partial charge in [0, 0.05) is 19.3 Å². The zero-order valence-electron chi connectivity index (χ0n) is 47.4. The lowest BCUT2D eigenvalue weighted by atomic mass is 10.0. The summed E-state index contributed by atoms with van der Waals surface area (Å²) in [6.45, 7) is 6.43. The highest BCUT2D eigenvalue weighted by Crippen LogP contribution is 2.16. The topological polar surface area (TPSA) is 78.9 Å². The molecule has 0 aromatic carbocycles. The molecule has 72 heavy (non-hydrogen) atoms. The van der Waals surface area contributed by atoms with Crippen molar-refractivity contribution in [1.82, 2.24) is 0 Å². The maximum atomic E-state index is 12.9. The second kappa shape index (κ2) is 60.1. The number of allylic oxidation sites excluding steroid dienone is 14. The monoisotopic (exact) mass is 1000 g/mol. The summed E-state index contributed by atoms with van der Waals surface area (Å²) in [5.74, 6) is -0.880. The number of rotatable bonds is 55. The van der Waals surface area contributed by atoms with Crippen LogP contribution in [0.3, 0.4) is 0 Å². The molecule has 414 valence electrons. The van der Waals surface area contributed by atoms with E-state index in [2.05, 4.69) is 106 Å². The third-order valence-electron chi connectivity index (χ3n) is 13.1. The van der Waals surface area contributed by atoms with Crippen molar-refractivity contribution in [3.8, 4) is 0 Å². The van der Waals surface area contributed by atoms with Crippen LogP contribution in [0.15, 0.2) is 85.1 Å². The molecule has 6 nitrogen and oxygen atoms in total. The van der Waals surface area contributed by atoms with Crippen molar-refractivity contribution < 1.29 is 28.6 Å². The van der Waals surface area contributed by atoms with E-state index < -0.39 is 6.10 Å². The molecule has 0 fully saturated rings. The van der Waals surface area contributed by atoms with Crippen LogP contribution in [-0.2, 0) is 28.6 Å². The van der Waals surface area contributed by atoms with Gasteiger partial charge in [-0.05, 0) is 89.9 Å². The van der Waals surface area contributed by atoms with Gasteiger partial charge < -0.3 is 14.2 Å². The van der Waals surface area contributed by atoms with E-state index in [9.17, 15) is 14.4 Å². The molecule has 0 aliphatic carbocycles. The van der Waals surface area contributed by atoms with E-state index in [1.54, 1.807) is 0 Å². The summed E-state index contributed by atoms with van der Waals surface area (Å²) in [6.07, 6.45) is 78.7. The Kier molecular flexibility index (Phi) is 57.3. The van der Waals surface area contributed by atoms with E-state index in [1.807, 2.05) is 0 Å². The first-order chi connectivity index (χ1) is 35.5. The Labute approximate surface area is 445 Å². The Morgan fingerprint density at radius 1 is 0.292 bits per heavy atom. The highest BCUT2D eigenvalue weighted by Gasteiger charge is 2.19. The summed E-state index contributed by atoms with van der Waals surface area (Å²) in [7, 11) is 0. The highest BCUT2D eigenvalue weighted by atomic mass is 16.6. The van der Waals surface area contributed by atoms with E-state index >= 15 is 0 Å². The molecule has 0 bridgehead atoms. The largest absolute Gasteiger partial charge is 0.462 e. The van der Waals surface area contributed by atoms with Crippen LogP contribution in [0.1, 0.15) is 297 Å². The quantitative estimate of drug-likeness (QED) is 0.0261. The van der Waals surface area contributed by atoms with E-state index in [4.69, 9.17) is 14.2 Å². The molecule has 1 unspecified atom stereocenters. The number of carbonyl (C=O) groups excluding carboxylic acids is 3. The second-order valence-corrected chi connectivity index (χ2v) is 20.2. The average molecular weight is 1000 g/mol. The first kappa shape index (κ1) is 68.6. The number of esters is 3. The van der Waals surface area contributed by atoms with Crippen molar-refractivity contribution in [3.05, 3.63) is 85.1 Å². The standard InChI is InChI=1S/C66H114O6/c1-4-7-10-13-16-19-22-25-27-29-30-31-32-33-34-35-36-38-39-41-44-47-50-53-56-59-65(68)71-62-63(61-70-64(67)58-55-52-49-46-43-24-21-18-15-12-9-6-3)72-66(69)60-57-54-51-48-45-42-40-37-28-26-23-20-17-14-11-8-5-2/h7-8,10-11,16-17,19-20,25-28,30-31,63H,4-6,9,12-15,18,21-24,29,32-62H2,1-3H3/b10-7-,11-8-,19-16-,20-17-,27-25-,28-26-,31-30-. The zero-order chi connectivity index (χ0) is 52.2. The van der Waals surface area contributed by atoms with E-state index in [0.29, 0.717) is 19.3 Å². The highest BCUT2D eigenvalue weighted by molar-refractivity contribution is 5.71. The summed E-state index contributed by atoms with van der Waals surface area (Å²) in [6, 6.07) is 0. The van der Waals surface area contributed by atoms with Crippen LogP contribution in [0, 0.1) is 0 Å². The summed E-state index contributed by atoms with van der Waals surface area (Å²) < 4.78 is 16.9. The molecule has 0 rings (SSSR count). The Balaban J connectivity index is 4.29. The van der Waals surface area contributed by atoms with Gasteiger partial charge in [0.1, 0.15) is 13.2 Å². The molecule has 0 saturated heterocycles. The molecule has 0 aromatic rings. The van der Waals surface area contributed by atoms with Crippen molar-refractivity contribution >= 4 is 17.9 Å². The molecular formula is C66H114O6. The van der Waals surface area contributed by atoms with Crippen LogP contribution in [-0.4, -0.2) is 37.2 Å². The summed E-state index contributed by atoms with van der Waals surface area (Å²) in [4.78, 5) is 38.2. The molecular weight excluding hydrogens is 889 g/mol. The molecule has 0 radical (unpaired) electrons. The predicted octanol–water partition coefficient (Wildman–Crippen LogP) is 20.7. The molecule has 0 aliphatic rings. The van der Waals surface area contributed by atoms with Crippen molar-refractivity contribution in [2.45, 2.75) is 303 Å². The molecule has 1 atom stereocenters. The average Bonchev–Trinajstić information content (AvgIpc) is 3.38. The predicted molar refractivity (Wildman–Crippen MR) is 311 cm³/mol. The first-order valence-electron chi connectivity index (χ1n) is 30.6. The van der Waals surface area contributed by atoms with Gasteiger partial charge in [0.05, 0.1) is 0 Å². The van der Waals surface area contributed by atoms with Crippen LogP contribution < -0.4 is 0 Å². The zero-order valence-corrected chi connectivity index (χ0v) is 47.4. The molecule has 0 amide bonds. The Hall–Kier alpha value is -3.41. The van der Waals surface area contributed by atoms with E-state index in [1.165, 1.54) is 148 Å². The van der Waals surface area contributed by atoms with Crippen molar-refractivity contribution in [2.75, 3.05) is 13.2 Å². The van der Waals surface area contributed by atoms with Gasteiger partial charge >= 0.3 is 17.9 Å². The smallest absolute Gasteiger partial charge is 0.306 e. The molecule has 0 N–H and O–H groups in total. The second-order valence-electron chi connectivity index (χ2n) is 20.2. The van der Waals surface area contributed by atoms with Crippen molar-refractivity contribution in [2.24, 2.45) is 0 Å². The van der Waals surface area contributed by atoms with Crippen molar-refractivity contribution in [1.29, 1.82) is 0 Å². The third-order valence-corrected chi connectivity index (χ3v) is 13.1. The van der Waals surface area contributed by atoms with Gasteiger partial charge in [0.25, 0.3) is 0 Å². The van der Waals surface area contributed by atoms with E-state index in [-0.39, 0.29) is 31.1 Å². The van der Waals surface area contributed by atoms with Gasteiger partial charge in [-0.2, -0.15) is 0 Å². The molecule has 0 aliphatic heterocycles. The lowest BCUT2D eigenvalue weighted by Gasteiger charge is -2.18. The van der Waals surface area contributed by atoms with Crippen LogP contribution in [0.5, 0.6) is 0 Å². The number of hydrogen-bond donors (Lipinski definition) is 0. The van der Waals surface area contributed by atoms with E-state index in [0.717, 1.165) is 109 Å². The normalized spacial score (nSPS) is 12.7. The van der Waals surface area contributed by atoms with Crippen LogP contribution in [0.4, 0.5) is 0 Å². The number of unbranched alkanes of at least 4 members (excludes halogenated alkanes) is 30. The fourth-order valence-corrected chi connectivity index (χ4v) is 8.63. The summed E-state index contributed by atoms with van der Waals surface area (Å²) >= 11 is 0. The summed E-state index contributed by atoms with van der Waals surface area (Å²) in [5, 5.41) is 0. The van der Waals surface area contributed by atoms with Gasteiger partial charge in [-0.25, -0.2) is 0 Å². The minimum Gasteiger partial charge on any atom is -0.462 e. The van der Waals surface area contributed by atoms with Gasteiger partial charge in [-0.1, -0.05) is 273 Å². The molecule has 0 spiro atoms. The van der Waals surface area contributed by atoms with Crippen LogP contribution >= 0.6 is 0 Å². The van der Waals surface area contributed by atoms with Gasteiger partial charge in [-0.15, -0.1) is 0 Å². The number of ether oxygens (including phenoxy) is 3. The van der Waals surface area contributed by atoms with Crippen LogP contribution in [0.2, 0.25) is 0 Å². The number of hydrogen-bond acceptors (Lipinski definition) is 6. The Morgan fingerprint density at radius 2 is 0.542 bits per heavy atom. The van der Waals surface area contributed by atoms with Gasteiger partial charge in [0.15, 0.2) is 6.10 Å². The molecule has 0 aromatic heterocycles. The Morgan fingerprint density at radius 3 is 0.847 bits per heavy atom. The summed E-state index contributed by atoms with van der Waals surface area (Å²) in [5.41, 5.74) is 0. The fourth-order valence-electron chi connectivity index (χ4n) is 8.63. The minimum absolute atomic E-state index is 0.0781. The first-order valence-corrected chi connectivity index (χ1v) is 30.6. The number of carbonyl (C=O) groups is 3. The molecule has 0 saturated carbocycles. The third kappa shape index (κ3) is 57.5. The molecule has 0 heterocycles. The van der Waals surface area contributed by atoms with Crippen molar-refractivity contribution in [3.63, 3.8) is 0 Å². The van der Waals surface area contributed by atoms with Gasteiger partial charge in [-0.3, -0.25) is 14.4 Å². The maximum absolute atomic E-state index is 12.9. The van der Waals surface area contributed by atoms with Gasteiger partial charge in [0.2, 0.25) is 0 Å². The Bertz CT molecular complexity index is 1380. The fraction of sp³-hybridized carbons (Fsp3) is 0.742. The molecule has 6 heteroatoms. The lowest BCUT2D eigenvalue weighted by Crippen LogP contribution is -2.30. The SMILES string of the molecule is CC/C=C\C/C=C\C/C=C\C/C=C\CCCCCCCCCCCCCCC(=O)OCC(COC(=O)CCCCCCCCCCCCCC)OC(=O)CCCCCCCCC/C=C\C/C=C\C/C=C\CC. The minimum atomic E-state index is -0.781.